The normalized spacial score (nSPS) is 16.6. The number of aliphatic carboxylic acids is 1. The fourth-order valence-electron chi connectivity index (χ4n) is 4.69. The summed E-state index contributed by atoms with van der Waals surface area (Å²) in [4.78, 5) is 38.2. The summed E-state index contributed by atoms with van der Waals surface area (Å²) < 4.78 is 10.7. The highest BCUT2D eigenvalue weighted by molar-refractivity contribution is 5.86. The van der Waals surface area contributed by atoms with Crippen LogP contribution in [0.15, 0.2) is 48.5 Å². The van der Waals surface area contributed by atoms with Gasteiger partial charge in [0.25, 0.3) is 0 Å². The van der Waals surface area contributed by atoms with Crippen molar-refractivity contribution in [2.24, 2.45) is 5.92 Å². The molecule has 4 rings (SSSR count). The van der Waals surface area contributed by atoms with E-state index in [1.54, 1.807) is 4.90 Å². The van der Waals surface area contributed by atoms with Crippen LogP contribution in [0.3, 0.4) is 0 Å². The molecule has 0 bridgehead atoms. The molecule has 8 heteroatoms. The maximum atomic E-state index is 12.9. The average molecular weight is 453 g/mol. The van der Waals surface area contributed by atoms with Gasteiger partial charge in [0.1, 0.15) is 12.6 Å². The molecule has 0 radical (unpaired) electrons. The van der Waals surface area contributed by atoms with Gasteiger partial charge < -0.3 is 24.8 Å². The second-order valence-electron chi connectivity index (χ2n) is 8.42. The second kappa shape index (κ2) is 10.0. The summed E-state index contributed by atoms with van der Waals surface area (Å²) >= 11 is 0. The zero-order valence-electron chi connectivity index (χ0n) is 18.5. The molecular formula is C25H28N2O6. The number of ether oxygens (including phenoxy) is 2. The zero-order valence-corrected chi connectivity index (χ0v) is 18.5. The van der Waals surface area contributed by atoms with Crippen LogP contribution in [0.5, 0.6) is 0 Å². The fraction of sp³-hybridized carbons (Fsp3) is 0.400. The average Bonchev–Trinajstić information content (AvgIpc) is 3.16. The number of nitrogens with one attached hydrogen (secondary N) is 1. The molecule has 2 aromatic carbocycles. The molecule has 0 saturated carbocycles. The summed E-state index contributed by atoms with van der Waals surface area (Å²) in [5, 5.41) is 11.8. The van der Waals surface area contributed by atoms with Gasteiger partial charge in [-0.05, 0) is 35.1 Å². The van der Waals surface area contributed by atoms with E-state index in [-0.39, 0.29) is 25.0 Å². The predicted octanol–water partition coefficient (Wildman–Crippen LogP) is 2.86. The van der Waals surface area contributed by atoms with Gasteiger partial charge in [-0.15, -0.1) is 0 Å². The van der Waals surface area contributed by atoms with Gasteiger partial charge in [-0.25, -0.2) is 4.79 Å². The number of carbonyl (C=O) groups excluding carboxylic acids is 2. The van der Waals surface area contributed by atoms with Crippen LogP contribution < -0.4 is 5.32 Å². The Kier molecular flexibility index (Phi) is 6.93. The first-order chi connectivity index (χ1) is 16.0. The highest BCUT2D eigenvalue weighted by Gasteiger charge is 2.33. The number of fused-ring (bicyclic) bond motifs is 3. The van der Waals surface area contributed by atoms with E-state index in [0.717, 1.165) is 22.3 Å². The molecule has 1 aliphatic carbocycles. The molecule has 2 aromatic rings. The molecule has 2 amide bonds. The number of alkyl carbamates (subject to hydrolysis) is 1. The number of benzene rings is 2. The van der Waals surface area contributed by atoms with Crippen LogP contribution in [0, 0.1) is 5.92 Å². The van der Waals surface area contributed by atoms with Crippen molar-refractivity contribution in [1.29, 1.82) is 0 Å². The largest absolute Gasteiger partial charge is 0.481 e. The third-order valence-electron chi connectivity index (χ3n) is 6.42. The first kappa shape index (κ1) is 22.8. The van der Waals surface area contributed by atoms with Crippen LogP contribution in [0.2, 0.25) is 0 Å². The van der Waals surface area contributed by atoms with Gasteiger partial charge in [0, 0.05) is 26.1 Å². The number of carbonyl (C=O) groups is 3. The van der Waals surface area contributed by atoms with Gasteiger partial charge in [-0.2, -0.15) is 0 Å². The monoisotopic (exact) mass is 452 g/mol. The summed E-state index contributed by atoms with van der Waals surface area (Å²) in [6.45, 7) is 0.824. The molecular weight excluding hydrogens is 424 g/mol. The Morgan fingerprint density at radius 1 is 1.03 bits per heavy atom. The Hall–Kier alpha value is -3.39. The lowest BCUT2D eigenvalue weighted by Gasteiger charge is -2.32. The quantitative estimate of drug-likeness (QED) is 0.669. The van der Waals surface area contributed by atoms with Crippen molar-refractivity contribution in [3.63, 3.8) is 0 Å². The van der Waals surface area contributed by atoms with E-state index < -0.39 is 24.0 Å². The van der Waals surface area contributed by atoms with E-state index in [0.29, 0.717) is 25.9 Å². The standard InChI is InChI=1S/C25H28N2O6/c1-32-15-22(23(28)27-12-10-16(11-13-27)24(29)30)26-25(31)33-14-21-19-8-4-2-6-17(19)18-7-3-5-9-20(18)21/h2-9,16,21-22H,10-15H2,1H3,(H,26,31)(H,29,30). The Labute approximate surface area is 192 Å². The number of nitrogens with zero attached hydrogens (tertiary/aromatic N) is 1. The van der Waals surface area contributed by atoms with Crippen LogP contribution in [0.25, 0.3) is 11.1 Å². The number of piperidine rings is 1. The van der Waals surface area contributed by atoms with Crippen molar-refractivity contribution < 1.29 is 29.0 Å². The highest BCUT2D eigenvalue weighted by Crippen LogP contribution is 2.44. The van der Waals surface area contributed by atoms with Crippen molar-refractivity contribution in [3.05, 3.63) is 59.7 Å². The predicted molar refractivity (Wildman–Crippen MR) is 121 cm³/mol. The van der Waals surface area contributed by atoms with Crippen molar-refractivity contribution in [2.45, 2.75) is 24.8 Å². The molecule has 2 N–H and O–H groups in total. The smallest absolute Gasteiger partial charge is 0.407 e. The van der Waals surface area contributed by atoms with Crippen LogP contribution in [-0.4, -0.2) is 67.4 Å². The lowest BCUT2D eigenvalue weighted by Crippen LogP contribution is -2.53. The molecule has 2 aliphatic rings. The lowest BCUT2D eigenvalue weighted by molar-refractivity contribution is -0.146. The highest BCUT2D eigenvalue weighted by atomic mass is 16.5. The van der Waals surface area contributed by atoms with Gasteiger partial charge >= 0.3 is 12.1 Å². The third-order valence-corrected chi connectivity index (χ3v) is 6.42. The summed E-state index contributed by atoms with van der Waals surface area (Å²) in [7, 11) is 1.45. The molecule has 8 nitrogen and oxygen atoms in total. The van der Waals surface area contributed by atoms with Gasteiger partial charge in [0.2, 0.25) is 5.91 Å². The van der Waals surface area contributed by atoms with Gasteiger partial charge in [-0.3, -0.25) is 9.59 Å². The molecule has 1 aliphatic heterocycles. The van der Waals surface area contributed by atoms with Gasteiger partial charge in [0.05, 0.1) is 12.5 Å². The number of carboxylic acids is 1. The van der Waals surface area contributed by atoms with E-state index in [2.05, 4.69) is 17.4 Å². The Morgan fingerprint density at radius 3 is 2.15 bits per heavy atom. The molecule has 1 unspecified atom stereocenters. The lowest BCUT2D eigenvalue weighted by atomic mass is 9.96. The Balaban J connectivity index is 1.37. The van der Waals surface area contributed by atoms with E-state index >= 15 is 0 Å². The summed E-state index contributed by atoms with van der Waals surface area (Å²) in [6.07, 6.45) is 0.102. The first-order valence-electron chi connectivity index (χ1n) is 11.1. The molecule has 1 fully saturated rings. The van der Waals surface area contributed by atoms with E-state index in [4.69, 9.17) is 14.6 Å². The number of carboxylic acid groups (broad SMARTS) is 1. The van der Waals surface area contributed by atoms with Crippen LogP contribution in [0.1, 0.15) is 29.9 Å². The Morgan fingerprint density at radius 2 is 1.61 bits per heavy atom. The molecule has 174 valence electrons. The number of amides is 2. The number of hydrogen-bond acceptors (Lipinski definition) is 5. The number of methoxy groups -OCH3 is 1. The second-order valence-corrected chi connectivity index (χ2v) is 8.42. The minimum Gasteiger partial charge on any atom is -0.481 e. The molecule has 1 saturated heterocycles. The van der Waals surface area contributed by atoms with Crippen molar-refractivity contribution in [2.75, 3.05) is 33.4 Å². The maximum Gasteiger partial charge on any atom is 0.407 e. The minimum atomic E-state index is -0.896. The summed E-state index contributed by atoms with van der Waals surface area (Å²) in [5.74, 6) is -1.65. The number of rotatable bonds is 7. The van der Waals surface area contributed by atoms with E-state index in [1.165, 1.54) is 7.11 Å². The third kappa shape index (κ3) is 4.85. The zero-order chi connectivity index (χ0) is 23.4. The molecule has 1 atom stereocenters. The number of likely N-dealkylation sites (tertiary alicyclic amines) is 1. The van der Waals surface area contributed by atoms with Crippen molar-refractivity contribution >= 4 is 18.0 Å². The van der Waals surface area contributed by atoms with Crippen LogP contribution in [0.4, 0.5) is 4.79 Å². The Bertz CT molecular complexity index is 986. The summed E-state index contributed by atoms with van der Waals surface area (Å²) in [5.41, 5.74) is 4.49. The SMILES string of the molecule is COCC(NC(=O)OCC1c2ccccc2-c2ccccc21)C(=O)N1CCC(C(=O)O)CC1. The van der Waals surface area contributed by atoms with Crippen molar-refractivity contribution in [3.8, 4) is 11.1 Å². The van der Waals surface area contributed by atoms with Crippen LogP contribution in [-0.2, 0) is 19.1 Å². The number of hydrogen-bond donors (Lipinski definition) is 2. The topological polar surface area (TPSA) is 105 Å². The van der Waals surface area contributed by atoms with Crippen LogP contribution >= 0.6 is 0 Å². The molecule has 33 heavy (non-hydrogen) atoms. The molecule has 0 spiro atoms. The summed E-state index contributed by atoms with van der Waals surface area (Å²) in [6, 6.07) is 15.2. The molecule has 1 heterocycles. The minimum absolute atomic E-state index is 0.00187. The van der Waals surface area contributed by atoms with Gasteiger partial charge in [0.15, 0.2) is 0 Å². The van der Waals surface area contributed by atoms with Crippen molar-refractivity contribution in [1.82, 2.24) is 10.2 Å². The van der Waals surface area contributed by atoms with E-state index in [1.807, 2.05) is 36.4 Å². The fourth-order valence-corrected chi connectivity index (χ4v) is 4.69. The van der Waals surface area contributed by atoms with E-state index in [9.17, 15) is 14.4 Å². The first-order valence-corrected chi connectivity index (χ1v) is 11.1. The van der Waals surface area contributed by atoms with Gasteiger partial charge in [-0.1, -0.05) is 48.5 Å². The maximum absolute atomic E-state index is 12.9. The molecule has 0 aromatic heterocycles.